The first kappa shape index (κ1) is 20.5. The Kier molecular flexibility index (Phi) is 6.03. The van der Waals surface area contributed by atoms with E-state index in [1.807, 2.05) is 71.3 Å². The largest absolute Gasteiger partial charge is 0.349 e. The molecule has 0 radical (unpaired) electrons. The molecule has 0 fully saturated rings. The zero-order valence-electron chi connectivity index (χ0n) is 17.6. The van der Waals surface area contributed by atoms with Crippen LogP contribution in [0.15, 0.2) is 90.1 Å². The van der Waals surface area contributed by atoms with E-state index in [4.69, 9.17) is 0 Å². The lowest BCUT2D eigenvalue weighted by Gasteiger charge is -2.26. The summed E-state index contributed by atoms with van der Waals surface area (Å²) in [7, 11) is 0. The normalized spacial score (nSPS) is 15.2. The van der Waals surface area contributed by atoms with E-state index in [0.717, 1.165) is 36.3 Å². The lowest BCUT2D eigenvalue weighted by atomic mass is 9.88. The van der Waals surface area contributed by atoms with E-state index in [2.05, 4.69) is 33.7 Å². The Bertz CT molecular complexity index is 1210. The van der Waals surface area contributed by atoms with Crippen LogP contribution in [0.1, 0.15) is 30.0 Å². The Labute approximate surface area is 191 Å². The number of benzene rings is 3. The zero-order chi connectivity index (χ0) is 21.8. The minimum absolute atomic E-state index is 0.0144. The van der Waals surface area contributed by atoms with E-state index in [1.54, 1.807) is 0 Å². The van der Waals surface area contributed by atoms with Crippen LogP contribution in [0.2, 0.25) is 0 Å². The molecule has 5 rings (SSSR count). The maximum Gasteiger partial charge on any atom is 0.230 e. The van der Waals surface area contributed by atoms with Gasteiger partial charge < -0.3 is 5.32 Å². The Morgan fingerprint density at radius 1 is 0.938 bits per heavy atom. The fourth-order valence-electron chi connectivity index (χ4n) is 4.22. The van der Waals surface area contributed by atoms with Gasteiger partial charge >= 0.3 is 0 Å². The molecule has 3 aromatic carbocycles. The fourth-order valence-corrected chi connectivity index (χ4v) is 4.98. The molecule has 1 N–H and O–H groups in total. The van der Waals surface area contributed by atoms with E-state index in [-0.39, 0.29) is 11.9 Å². The third kappa shape index (κ3) is 4.32. The number of rotatable bonds is 6. The van der Waals surface area contributed by atoms with E-state index in [0.29, 0.717) is 10.9 Å². The van der Waals surface area contributed by atoms with E-state index in [9.17, 15) is 4.79 Å². The zero-order valence-corrected chi connectivity index (χ0v) is 18.5. The highest BCUT2D eigenvalue weighted by molar-refractivity contribution is 7.99. The summed E-state index contributed by atoms with van der Waals surface area (Å²) in [6, 6.07) is 28.5. The van der Waals surface area contributed by atoms with Gasteiger partial charge in [-0.15, -0.1) is 10.2 Å². The smallest absolute Gasteiger partial charge is 0.230 e. The number of carbonyl (C=O) groups is 1. The number of para-hydroxylation sites is 1. The highest BCUT2D eigenvalue weighted by atomic mass is 32.2. The van der Waals surface area contributed by atoms with Crippen molar-refractivity contribution in [2.45, 2.75) is 30.5 Å². The minimum Gasteiger partial charge on any atom is -0.349 e. The number of thioether (sulfide) groups is 1. The molecule has 1 aliphatic carbocycles. The van der Waals surface area contributed by atoms with Crippen molar-refractivity contribution in [3.8, 4) is 17.1 Å². The minimum atomic E-state index is 0.0144. The van der Waals surface area contributed by atoms with E-state index in [1.165, 1.54) is 22.9 Å². The van der Waals surface area contributed by atoms with Crippen LogP contribution >= 0.6 is 11.8 Å². The molecule has 0 unspecified atom stereocenters. The second-order valence-electron chi connectivity index (χ2n) is 7.84. The van der Waals surface area contributed by atoms with Crippen LogP contribution in [0.25, 0.3) is 17.1 Å². The first-order chi connectivity index (χ1) is 15.8. The van der Waals surface area contributed by atoms with Crippen LogP contribution in [-0.2, 0) is 11.2 Å². The van der Waals surface area contributed by atoms with Gasteiger partial charge in [-0.1, -0.05) is 84.6 Å². The molecule has 0 saturated carbocycles. The van der Waals surface area contributed by atoms with Gasteiger partial charge in [-0.3, -0.25) is 9.36 Å². The van der Waals surface area contributed by atoms with Gasteiger partial charge in [0.15, 0.2) is 11.0 Å². The van der Waals surface area contributed by atoms with Gasteiger partial charge in [0.2, 0.25) is 5.91 Å². The van der Waals surface area contributed by atoms with Crippen molar-refractivity contribution < 1.29 is 4.79 Å². The number of nitrogens with zero attached hydrogens (tertiary/aromatic N) is 3. The summed E-state index contributed by atoms with van der Waals surface area (Å²) in [6.45, 7) is 0. The van der Waals surface area contributed by atoms with Crippen LogP contribution in [0.3, 0.4) is 0 Å². The Hall–Kier alpha value is -3.38. The van der Waals surface area contributed by atoms with E-state index < -0.39 is 0 Å². The molecule has 4 aromatic rings. The van der Waals surface area contributed by atoms with Gasteiger partial charge in [-0.25, -0.2) is 0 Å². The van der Waals surface area contributed by atoms with Gasteiger partial charge in [0.05, 0.1) is 11.8 Å². The summed E-state index contributed by atoms with van der Waals surface area (Å²) >= 11 is 1.41. The van der Waals surface area contributed by atoms with Crippen LogP contribution in [0.4, 0.5) is 0 Å². The number of hydrogen-bond donors (Lipinski definition) is 1. The number of fused-ring (bicyclic) bond motifs is 1. The van der Waals surface area contributed by atoms with Gasteiger partial charge in [-0.2, -0.15) is 0 Å². The predicted octanol–water partition coefficient (Wildman–Crippen LogP) is 5.22. The first-order valence-electron chi connectivity index (χ1n) is 10.9. The second-order valence-corrected chi connectivity index (χ2v) is 8.79. The number of hydrogen-bond acceptors (Lipinski definition) is 4. The van der Waals surface area contributed by atoms with E-state index >= 15 is 0 Å². The molecule has 6 heteroatoms. The maximum atomic E-state index is 12.8. The topological polar surface area (TPSA) is 59.8 Å². The molecular formula is C26H24N4OS. The number of nitrogens with one attached hydrogen (secondary N) is 1. The van der Waals surface area contributed by atoms with Crippen LogP contribution in [0, 0.1) is 0 Å². The highest BCUT2D eigenvalue weighted by Crippen LogP contribution is 2.30. The Balaban J connectivity index is 1.35. The van der Waals surface area contributed by atoms with Crippen LogP contribution < -0.4 is 5.32 Å². The molecule has 0 aliphatic heterocycles. The summed E-state index contributed by atoms with van der Waals surface area (Å²) in [5.41, 5.74) is 4.54. The SMILES string of the molecule is O=C(CSc1nnc(-c2ccccc2)n1-c1ccccc1)N[C@H]1CCCc2ccccc21. The van der Waals surface area contributed by atoms with Gasteiger partial charge in [0.1, 0.15) is 0 Å². The molecule has 1 amide bonds. The number of carbonyl (C=O) groups excluding carboxylic acids is 1. The number of aromatic nitrogens is 3. The molecule has 1 aromatic heterocycles. The molecule has 5 nitrogen and oxygen atoms in total. The lowest BCUT2D eigenvalue weighted by molar-refractivity contribution is -0.119. The molecule has 160 valence electrons. The van der Waals surface area contributed by atoms with Crippen molar-refractivity contribution in [1.82, 2.24) is 20.1 Å². The van der Waals surface area contributed by atoms with Gasteiger partial charge in [-0.05, 0) is 42.5 Å². The van der Waals surface area contributed by atoms with Crippen molar-refractivity contribution in [3.63, 3.8) is 0 Å². The average Bonchev–Trinajstić information content (AvgIpc) is 3.28. The quantitative estimate of drug-likeness (QED) is 0.418. The summed E-state index contributed by atoms with van der Waals surface area (Å²) < 4.78 is 2.02. The molecule has 1 heterocycles. The molecule has 0 saturated heterocycles. The van der Waals surface area contributed by atoms with Crippen molar-refractivity contribution in [1.29, 1.82) is 0 Å². The predicted molar refractivity (Wildman–Crippen MR) is 128 cm³/mol. The van der Waals surface area contributed by atoms with Gasteiger partial charge in [0, 0.05) is 11.3 Å². The summed E-state index contributed by atoms with van der Waals surface area (Å²) in [5.74, 6) is 1.07. The molecule has 32 heavy (non-hydrogen) atoms. The molecular weight excluding hydrogens is 416 g/mol. The van der Waals surface area contributed by atoms with Crippen LogP contribution in [-0.4, -0.2) is 26.4 Å². The van der Waals surface area contributed by atoms with Crippen molar-refractivity contribution in [3.05, 3.63) is 96.1 Å². The summed E-state index contributed by atoms with van der Waals surface area (Å²) in [6.07, 6.45) is 3.16. The molecule has 0 bridgehead atoms. The summed E-state index contributed by atoms with van der Waals surface area (Å²) in [5, 5.41) is 12.8. The van der Waals surface area contributed by atoms with Gasteiger partial charge in [0.25, 0.3) is 0 Å². The number of amides is 1. The lowest BCUT2D eigenvalue weighted by Crippen LogP contribution is -2.32. The number of aryl methyl sites for hydroxylation is 1. The van der Waals surface area contributed by atoms with Crippen molar-refractivity contribution in [2.24, 2.45) is 0 Å². The highest BCUT2D eigenvalue weighted by Gasteiger charge is 2.22. The Morgan fingerprint density at radius 3 is 2.47 bits per heavy atom. The molecule has 0 spiro atoms. The standard InChI is InChI=1S/C26H24N4OS/c31-24(27-23-17-9-13-19-10-7-8-16-22(19)23)18-32-26-29-28-25(20-11-3-1-4-12-20)30(26)21-14-5-2-6-15-21/h1-8,10-12,14-16,23H,9,13,17-18H2,(H,27,31)/t23-/m0/s1. The van der Waals surface area contributed by atoms with Crippen molar-refractivity contribution >= 4 is 17.7 Å². The fraction of sp³-hybridized carbons (Fsp3) is 0.192. The first-order valence-corrected chi connectivity index (χ1v) is 11.8. The third-order valence-electron chi connectivity index (χ3n) is 5.72. The van der Waals surface area contributed by atoms with Crippen molar-refractivity contribution in [2.75, 3.05) is 5.75 Å². The van der Waals surface area contributed by atoms with Crippen LogP contribution in [0.5, 0.6) is 0 Å². The molecule has 1 atom stereocenters. The molecule has 1 aliphatic rings. The average molecular weight is 441 g/mol. The third-order valence-corrected chi connectivity index (χ3v) is 6.65. The second kappa shape index (κ2) is 9.40. The summed E-state index contributed by atoms with van der Waals surface area (Å²) in [4.78, 5) is 12.8. The monoisotopic (exact) mass is 440 g/mol. The Morgan fingerprint density at radius 2 is 1.66 bits per heavy atom. The maximum absolute atomic E-state index is 12.8.